The van der Waals surface area contributed by atoms with Crippen molar-refractivity contribution >= 4 is 30.9 Å². The smallest absolute Gasteiger partial charge is 0.305 e. The van der Waals surface area contributed by atoms with Crippen LogP contribution in [-0.4, -0.2) is 33.0 Å². The second-order valence-corrected chi connectivity index (χ2v) is 7.38. The van der Waals surface area contributed by atoms with Gasteiger partial charge in [0.1, 0.15) is 17.3 Å². The van der Waals surface area contributed by atoms with Crippen molar-refractivity contribution in [3.63, 3.8) is 0 Å². The average molecular weight is 484 g/mol. The molecule has 0 fully saturated rings. The van der Waals surface area contributed by atoms with Crippen molar-refractivity contribution in [3.8, 4) is 0 Å². The number of hydrogen-bond donors (Lipinski definition) is 0. The number of alkyl halides is 3. The van der Waals surface area contributed by atoms with Gasteiger partial charge in [-0.3, -0.25) is 19.3 Å². The average Bonchev–Trinajstić information content (AvgIpc) is 3.14. The van der Waals surface area contributed by atoms with E-state index in [1.54, 1.807) is 6.92 Å². The van der Waals surface area contributed by atoms with Gasteiger partial charge in [0.05, 0.1) is 24.0 Å². The van der Waals surface area contributed by atoms with E-state index in [9.17, 15) is 31.5 Å². The number of amides is 1. The quantitative estimate of drug-likeness (QED) is 0.408. The number of aromatic nitrogens is 3. The number of fused-ring (bicyclic) bond motifs is 1. The third-order valence-corrected chi connectivity index (χ3v) is 5.13. The van der Waals surface area contributed by atoms with Gasteiger partial charge in [-0.2, -0.15) is 31.8 Å². The maximum absolute atomic E-state index is 14.1. The first-order valence-electron chi connectivity index (χ1n) is 9.45. The first-order chi connectivity index (χ1) is 15.1. The van der Waals surface area contributed by atoms with E-state index in [0.717, 1.165) is 23.2 Å². The molecule has 0 spiro atoms. The Balaban J connectivity index is 0.00000306. The Bertz CT molecular complexity index is 1230. The lowest BCUT2D eigenvalue weighted by Crippen LogP contribution is -2.43. The number of rotatable bonds is 4. The van der Waals surface area contributed by atoms with E-state index in [2.05, 4.69) is 10.1 Å². The molecular formula is C21H17F5N4O2S. The summed E-state index contributed by atoms with van der Waals surface area (Å²) in [5, 5.41) is 4.15. The van der Waals surface area contributed by atoms with Crippen molar-refractivity contribution < 1.29 is 31.5 Å². The number of benzene rings is 1. The summed E-state index contributed by atoms with van der Waals surface area (Å²) < 4.78 is 67.5. The lowest BCUT2D eigenvalue weighted by molar-refractivity contribution is -0.139. The second kappa shape index (κ2) is 8.93. The van der Waals surface area contributed by atoms with E-state index in [0.29, 0.717) is 12.1 Å². The number of anilines is 1. The van der Waals surface area contributed by atoms with Crippen molar-refractivity contribution in [1.82, 2.24) is 14.8 Å². The van der Waals surface area contributed by atoms with Gasteiger partial charge in [0.25, 0.3) is 5.91 Å². The van der Waals surface area contributed by atoms with Crippen LogP contribution >= 0.6 is 13.5 Å². The van der Waals surface area contributed by atoms with Crippen LogP contribution in [0.1, 0.15) is 44.9 Å². The molecule has 0 N–H and O–H groups in total. The van der Waals surface area contributed by atoms with E-state index >= 15 is 0 Å². The van der Waals surface area contributed by atoms with Gasteiger partial charge in [0.2, 0.25) is 0 Å². The van der Waals surface area contributed by atoms with E-state index < -0.39 is 41.1 Å². The monoisotopic (exact) mass is 484 g/mol. The molecule has 4 rings (SSSR count). The van der Waals surface area contributed by atoms with E-state index in [4.69, 9.17) is 0 Å². The molecule has 0 unspecified atom stereocenters. The van der Waals surface area contributed by atoms with Gasteiger partial charge in [0, 0.05) is 36.0 Å². The van der Waals surface area contributed by atoms with Crippen molar-refractivity contribution in [2.24, 2.45) is 0 Å². The van der Waals surface area contributed by atoms with Crippen molar-refractivity contribution in [2.75, 3.05) is 11.4 Å². The van der Waals surface area contributed by atoms with Crippen molar-refractivity contribution in [3.05, 3.63) is 76.9 Å². The summed E-state index contributed by atoms with van der Waals surface area (Å²) in [7, 11) is 0. The fraction of sp³-hybridized carbons (Fsp3) is 0.238. The highest BCUT2D eigenvalue weighted by Gasteiger charge is 2.37. The standard InChI is InChI=1S/C21H15F5N4O2.H2S/c1-11-10-29(15-2-3-16(17(23)6-15)21(24,25)26)20(32)19-13(8-28-30(11)19)5-18(31)12-4-14(22)9-27-7-12;/h2-4,6-9,11H,5,10H2,1H3;1H2/t11-;/m0./s1. The van der Waals surface area contributed by atoms with Crippen LogP contribution in [-0.2, 0) is 12.6 Å². The lowest BCUT2D eigenvalue weighted by atomic mass is 10.0. The summed E-state index contributed by atoms with van der Waals surface area (Å²) in [4.78, 5) is 30.5. The predicted molar refractivity (Wildman–Crippen MR) is 113 cm³/mol. The maximum atomic E-state index is 14.1. The summed E-state index contributed by atoms with van der Waals surface area (Å²) in [5.41, 5.74) is -1.15. The molecule has 0 saturated carbocycles. The minimum Gasteiger partial charge on any atom is -0.305 e. The molecule has 33 heavy (non-hydrogen) atoms. The van der Waals surface area contributed by atoms with Crippen LogP contribution in [0.3, 0.4) is 0 Å². The molecule has 6 nitrogen and oxygen atoms in total. The number of carbonyl (C=O) groups excluding carboxylic acids is 2. The fourth-order valence-electron chi connectivity index (χ4n) is 3.61. The highest BCUT2D eigenvalue weighted by molar-refractivity contribution is 7.59. The summed E-state index contributed by atoms with van der Waals surface area (Å²) in [6.07, 6.45) is -1.65. The Morgan fingerprint density at radius 1 is 1.15 bits per heavy atom. The van der Waals surface area contributed by atoms with Gasteiger partial charge in [-0.25, -0.2) is 8.78 Å². The van der Waals surface area contributed by atoms with Crippen molar-refractivity contribution in [2.45, 2.75) is 25.6 Å². The van der Waals surface area contributed by atoms with Crippen LogP contribution in [0.2, 0.25) is 0 Å². The molecule has 0 aliphatic carbocycles. The number of halogens is 5. The highest BCUT2D eigenvalue weighted by atomic mass is 32.1. The Morgan fingerprint density at radius 2 is 1.88 bits per heavy atom. The fourth-order valence-corrected chi connectivity index (χ4v) is 3.61. The summed E-state index contributed by atoms with van der Waals surface area (Å²) in [5.74, 6) is -3.32. The maximum Gasteiger partial charge on any atom is 0.419 e. The summed E-state index contributed by atoms with van der Waals surface area (Å²) in [6, 6.07) is 2.88. The molecule has 0 radical (unpaired) electrons. The Kier molecular flexibility index (Phi) is 6.59. The number of carbonyl (C=O) groups is 2. The zero-order valence-corrected chi connectivity index (χ0v) is 18.0. The molecule has 1 amide bonds. The Hall–Kier alpha value is -3.28. The molecule has 1 aliphatic heterocycles. The van der Waals surface area contributed by atoms with Crippen LogP contribution in [0.5, 0.6) is 0 Å². The molecule has 3 heterocycles. The summed E-state index contributed by atoms with van der Waals surface area (Å²) >= 11 is 0. The molecular weight excluding hydrogens is 467 g/mol. The van der Waals surface area contributed by atoms with Gasteiger partial charge < -0.3 is 4.90 Å². The van der Waals surface area contributed by atoms with Gasteiger partial charge in [0.15, 0.2) is 5.78 Å². The topological polar surface area (TPSA) is 68.1 Å². The van der Waals surface area contributed by atoms with Crippen LogP contribution in [0.4, 0.5) is 27.6 Å². The van der Waals surface area contributed by atoms with Crippen molar-refractivity contribution in [1.29, 1.82) is 0 Å². The minimum atomic E-state index is -4.86. The Morgan fingerprint density at radius 3 is 2.52 bits per heavy atom. The third-order valence-electron chi connectivity index (χ3n) is 5.13. The highest BCUT2D eigenvalue weighted by Crippen LogP contribution is 2.35. The van der Waals surface area contributed by atoms with Gasteiger partial charge in [-0.1, -0.05) is 0 Å². The molecule has 12 heteroatoms. The number of hydrogen-bond acceptors (Lipinski definition) is 4. The molecule has 174 valence electrons. The normalized spacial score (nSPS) is 15.8. The lowest BCUT2D eigenvalue weighted by Gasteiger charge is -2.32. The molecule has 0 saturated heterocycles. The second-order valence-electron chi connectivity index (χ2n) is 7.38. The molecule has 1 aliphatic rings. The number of nitrogens with zero attached hydrogens (tertiary/aromatic N) is 4. The largest absolute Gasteiger partial charge is 0.419 e. The van der Waals surface area contributed by atoms with Gasteiger partial charge in [-0.15, -0.1) is 0 Å². The first-order valence-corrected chi connectivity index (χ1v) is 9.45. The Labute approximate surface area is 191 Å². The van der Waals surface area contributed by atoms with Crippen LogP contribution in [0, 0.1) is 11.6 Å². The number of ketones is 1. The third kappa shape index (κ3) is 4.61. The minimum absolute atomic E-state index is 0. The van der Waals surface area contributed by atoms with E-state index in [1.807, 2.05) is 0 Å². The number of pyridine rings is 1. The van der Waals surface area contributed by atoms with Crippen LogP contribution < -0.4 is 4.90 Å². The SMILES string of the molecule is C[C@H]1CN(c2ccc(C(F)(F)F)c(F)c2)C(=O)c2c(CC(=O)c3cncc(F)c3)cnn21.S. The molecule has 1 atom stereocenters. The van der Waals surface area contributed by atoms with Gasteiger partial charge >= 0.3 is 6.18 Å². The first kappa shape index (κ1) is 24.4. The van der Waals surface area contributed by atoms with Crippen LogP contribution in [0.15, 0.2) is 42.9 Å². The van der Waals surface area contributed by atoms with Gasteiger partial charge in [-0.05, 0) is 31.2 Å². The number of Topliss-reactive ketones (excluding diaryl/α,β-unsaturated/α-hetero) is 1. The molecule has 1 aromatic carbocycles. The van der Waals surface area contributed by atoms with E-state index in [-0.39, 0.29) is 49.0 Å². The zero-order chi connectivity index (χ0) is 23.2. The molecule has 0 bridgehead atoms. The molecule has 3 aromatic rings. The predicted octanol–water partition coefficient (Wildman–Crippen LogP) is 4.33. The summed E-state index contributed by atoms with van der Waals surface area (Å²) in [6.45, 7) is 1.76. The zero-order valence-electron chi connectivity index (χ0n) is 17.0. The van der Waals surface area contributed by atoms with Crippen LogP contribution in [0.25, 0.3) is 0 Å². The van der Waals surface area contributed by atoms with E-state index in [1.165, 1.54) is 17.1 Å². The molecule has 2 aromatic heterocycles.